The van der Waals surface area contributed by atoms with Gasteiger partial charge in [0.1, 0.15) is 5.75 Å². The first-order chi connectivity index (χ1) is 11.7. The number of carbonyl (C=O) groups excluding carboxylic acids is 2. The molecule has 0 saturated heterocycles. The standard InChI is InChI=1S/C15H16F2N2O5S/c16-15(17)5-3-9(4-6-15)14(21)19-25(22,23)10-1-2-12-11(7-10)18-13(20)8-24-12/h1-2,7,9H,3-6,8H2,(H,18,20)(H,19,21). The zero-order valence-corrected chi connectivity index (χ0v) is 13.9. The second-order valence-corrected chi connectivity index (χ2v) is 7.78. The summed E-state index contributed by atoms with van der Waals surface area (Å²) in [4.78, 5) is 23.2. The Balaban J connectivity index is 1.73. The number of nitrogens with one attached hydrogen (secondary N) is 2. The third-order valence-corrected chi connectivity index (χ3v) is 5.56. The van der Waals surface area contributed by atoms with Gasteiger partial charge in [0, 0.05) is 18.8 Å². The molecule has 0 atom stereocenters. The summed E-state index contributed by atoms with van der Waals surface area (Å²) in [6.45, 7) is -0.165. The largest absolute Gasteiger partial charge is 0.482 e. The monoisotopic (exact) mass is 374 g/mol. The van der Waals surface area contributed by atoms with E-state index in [0.29, 0.717) is 5.75 Å². The molecule has 0 bridgehead atoms. The number of halogens is 2. The van der Waals surface area contributed by atoms with Crippen LogP contribution in [0.15, 0.2) is 23.1 Å². The van der Waals surface area contributed by atoms with Gasteiger partial charge in [-0.05, 0) is 31.0 Å². The Morgan fingerprint density at radius 2 is 1.96 bits per heavy atom. The summed E-state index contributed by atoms with van der Waals surface area (Å²) in [7, 11) is -4.18. The predicted octanol–water partition coefficient (Wildman–Crippen LogP) is 1.65. The number of anilines is 1. The fourth-order valence-electron chi connectivity index (χ4n) is 2.81. The molecule has 1 aliphatic carbocycles. The van der Waals surface area contributed by atoms with Crippen molar-refractivity contribution < 1.29 is 31.5 Å². The van der Waals surface area contributed by atoms with E-state index in [1.54, 1.807) is 0 Å². The third kappa shape index (κ3) is 3.89. The van der Waals surface area contributed by atoms with Gasteiger partial charge >= 0.3 is 0 Å². The average Bonchev–Trinajstić information content (AvgIpc) is 2.53. The zero-order valence-electron chi connectivity index (χ0n) is 13.1. The Bertz CT molecular complexity index is 815. The van der Waals surface area contributed by atoms with Crippen molar-refractivity contribution in [1.29, 1.82) is 0 Å². The molecule has 10 heteroatoms. The lowest BCUT2D eigenvalue weighted by atomic mass is 9.86. The first kappa shape index (κ1) is 17.6. The van der Waals surface area contributed by atoms with Crippen molar-refractivity contribution in [3.63, 3.8) is 0 Å². The highest BCUT2D eigenvalue weighted by atomic mass is 32.2. The number of benzene rings is 1. The van der Waals surface area contributed by atoms with E-state index < -0.39 is 46.5 Å². The van der Waals surface area contributed by atoms with Gasteiger partial charge in [0.2, 0.25) is 11.8 Å². The van der Waals surface area contributed by atoms with E-state index in [2.05, 4.69) is 5.32 Å². The maximum atomic E-state index is 13.1. The number of hydrogen-bond donors (Lipinski definition) is 2. The molecule has 7 nitrogen and oxygen atoms in total. The number of carbonyl (C=O) groups is 2. The van der Waals surface area contributed by atoms with E-state index in [-0.39, 0.29) is 30.0 Å². The summed E-state index contributed by atoms with van der Waals surface area (Å²) in [5, 5.41) is 2.47. The van der Waals surface area contributed by atoms with Gasteiger partial charge in [-0.1, -0.05) is 0 Å². The van der Waals surface area contributed by atoms with E-state index in [1.807, 2.05) is 4.72 Å². The highest BCUT2D eigenvalue weighted by Crippen LogP contribution is 2.36. The van der Waals surface area contributed by atoms with Crippen molar-refractivity contribution in [2.45, 2.75) is 36.5 Å². The summed E-state index contributed by atoms with van der Waals surface area (Å²) in [5.41, 5.74) is 0.184. The molecule has 0 spiro atoms. The van der Waals surface area contributed by atoms with Crippen LogP contribution >= 0.6 is 0 Å². The van der Waals surface area contributed by atoms with Gasteiger partial charge in [0.25, 0.3) is 15.9 Å². The van der Waals surface area contributed by atoms with Gasteiger partial charge in [-0.3, -0.25) is 9.59 Å². The molecule has 0 aromatic heterocycles. The molecule has 1 aliphatic heterocycles. The van der Waals surface area contributed by atoms with Gasteiger partial charge in [-0.25, -0.2) is 21.9 Å². The molecule has 25 heavy (non-hydrogen) atoms. The van der Waals surface area contributed by atoms with Crippen LogP contribution in [0.3, 0.4) is 0 Å². The van der Waals surface area contributed by atoms with Gasteiger partial charge in [-0.2, -0.15) is 0 Å². The lowest BCUT2D eigenvalue weighted by Crippen LogP contribution is -2.39. The van der Waals surface area contributed by atoms with Gasteiger partial charge in [-0.15, -0.1) is 0 Å². The smallest absolute Gasteiger partial charge is 0.264 e. The van der Waals surface area contributed by atoms with Crippen LogP contribution in [0.2, 0.25) is 0 Å². The molecule has 3 rings (SSSR count). The van der Waals surface area contributed by atoms with Gasteiger partial charge < -0.3 is 10.1 Å². The molecular weight excluding hydrogens is 358 g/mol. The molecule has 2 amide bonds. The van der Waals surface area contributed by atoms with Crippen LogP contribution in [0, 0.1) is 5.92 Å². The first-order valence-electron chi connectivity index (χ1n) is 7.67. The molecule has 2 N–H and O–H groups in total. The topological polar surface area (TPSA) is 102 Å². The number of alkyl halides is 2. The average molecular weight is 374 g/mol. The maximum Gasteiger partial charge on any atom is 0.264 e. The Kier molecular flexibility index (Phi) is 4.40. The Morgan fingerprint density at radius 3 is 2.64 bits per heavy atom. The van der Waals surface area contributed by atoms with Crippen LogP contribution in [-0.2, 0) is 19.6 Å². The Morgan fingerprint density at radius 1 is 1.28 bits per heavy atom. The van der Waals surface area contributed by atoms with Crippen molar-refractivity contribution in [2.75, 3.05) is 11.9 Å². The van der Waals surface area contributed by atoms with Gasteiger partial charge in [0.05, 0.1) is 10.6 Å². The molecule has 1 saturated carbocycles. The number of ether oxygens (including phenoxy) is 1. The van der Waals surface area contributed by atoms with Crippen molar-refractivity contribution in [3.8, 4) is 5.75 Å². The number of hydrogen-bond acceptors (Lipinski definition) is 5. The van der Waals surface area contributed by atoms with Crippen molar-refractivity contribution in [1.82, 2.24) is 4.72 Å². The molecule has 136 valence electrons. The molecule has 0 radical (unpaired) electrons. The SMILES string of the molecule is O=C1COc2ccc(S(=O)(=O)NC(=O)C3CCC(F)(F)CC3)cc2N1. The highest BCUT2D eigenvalue weighted by molar-refractivity contribution is 7.90. The lowest BCUT2D eigenvalue weighted by molar-refractivity contribution is -0.127. The summed E-state index contributed by atoms with van der Waals surface area (Å²) in [6.07, 6.45) is -1.01. The molecule has 0 unspecified atom stereocenters. The normalized spacial score (nSPS) is 20.2. The minimum atomic E-state index is -4.18. The summed E-state index contributed by atoms with van der Waals surface area (Å²) >= 11 is 0. The molecule has 2 aliphatic rings. The molecule has 1 aromatic rings. The summed E-state index contributed by atoms with van der Waals surface area (Å²) in [6, 6.07) is 3.78. The van der Waals surface area contributed by atoms with E-state index in [0.717, 1.165) is 0 Å². The second kappa shape index (κ2) is 6.25. The lowest BCUT2D eigenvalue weighted by Gasteiger charge is -2.27. The highest BCUT2D eigenvalue weighted by Gasteiger charge is 2.38. The maximum absolute atomic E-state index is 13.1. The van der Waals surface area contributed by atoms with Crippen LogP contribution in [-0.4, -0.2) is 32.8 Å². The van der Waals surface area contributed by atoms with Crippen LogP contribution in [0.25, 0.3) is 0 Å². The number of fused-ring (bicyclic) bond motifs is 1. The summed E-state index contributed by atoms with van der Waals surface area (Å²) < 4.78 is 58.0. The quantitative estimate of drug-likeness (QED) is 0.838. The van der Waals surface area contributed by atoms with Crippen molar-refractivity contribution in [3.05, 3.63) is 18.2 Å². The van der Waals surface area contributed by atoms with Crippen molar-refractivity contribution >= 4 is 27.5 Å². The Hall–Kier alpha value is -2.23. The second-order valence-electron chi connectivity index (χ2n) is 6.09. The fraction of sp³-hybridized carbons (Fsp3) is 0.467. The molecule has 1 aromatic carbocycles. The number of sulfonamides is 1. The fourth-order valence-corrected chi connectivity index (χ4v) is 3.88. The molecule has 1 heterocycles. The Labute approximate surface area is 142 Å². The zero-order chi connectivity index (χ0) is 18.2. The van der Waals surface area contributed by atoms with Crippen LogP contribution < -0.4 is 14.8 Å². The van der Waals surface area contributed by atoms with Crippen LogP contribution in [0.4, 0.5) is 14.5 Å². The van der Waals surface area contributed by atoms with Crippen molar-refractivity contribution in [2.24, 2.45) is 5.92 Å². The number of rotatable bonds is 3. The van der Waals surface area contributed by atoms with E-state index in [4.69, 9.17) is 4.74 Å². The van der Waals surface area contributed by atoms with Gasteiger partial charge in [0.15, 0.2) is 6.61 Å². The predicted molar refractivity (Wildman–Crippen MR) is 82.8 cm³/mol. The van der Waals surface area contributed by atoms with E-state index >= 15 is 0 Å². The minimum absolute atomic E-state index is 0.0670. The third-order valence-electron chi connectivity index (χ3n) is 4.22. The minimum Gasteiger partial charge on any atom is -0.482 e. The van der Waals surface area contributed by atoms with E-state index in [9.17, 15) is 26.8 Å². The number of amides is 2. The van der Waals surface area contributed by atoms with Crippen LogP contribution in [0.1, 0.15) is 25.7 Å². The van der Waals surface area contributed by atoms with E-state index in [1.165, 1.54) is 18.2 Å². The molecule has 1 fully saturated rings. The first-order valence-corrected chi connectivity index (χ1v) is 9.16. The summed E-state index contributed by atoms with van der Waals surface area (Å²) in [5.74, 6) is -4.47. The molecular formula is C15H16F2N2O5S. The van der Waals surface area contributed by atoms with Crippen LogP contribution in [0.5, 0.6) is 5.75 Å².